The van der Waals surface area contributed by atoms with Crippen LogP contribution in [0, 0.1) is 0 Å². The molecule has 0 aliphatic heterocycles. The van der Waals surface area contributed by atoms with Gasteiger partial charge in [-0.05, 0) is 29.8 Å². The summed E-state index contributed by atoms with van der Waals surface area (Å²) < 4.78 is 0. The van der Waals surface area contributed by atoms with Gasteiger partial charge in [-0.2, -0.15) is 0 Å². The molecule has 0 aliphatic carbocycles. The van der Waals surface area contributed by atoms with Crippen molar-refractivity contribution in [1.82, 2.24) is 15.0 Å². The van der Waals surface area contributed by atoms with E-state index in [2.05, 4.69) is 15.0 Å². The summed E-state index contributed by atoms with van der Waals surface area (Å²) in [6.45, 7) is 0. The molecule has 0 saturated heterocycles. The van der Waals surface area contributed by atoms with Crippen LogP contribution in [-0.2, 0) is 0 Å². The molecule has 3 aromatic rings. The number of H-pyrrole nitrogens is 1. The minimum Gasteiger partial charge on any atom is -0.364 e. The number of hydrogen-bond acceptors (Lipinski definition) is 3. The highest BCUT2D eigenvalue weighted by molar-refractivity contribution is 5.92. The fourth-order valence-corrected chi connectivity index (χ4v) is 1.84. The van der Waals surface area contributed by atoms with Crippen LogP contribution in [0.15, 0.2) is 42.9 Å². The smallest absolute Gasteiger partial charge is 0.267 e. The normalized spacial score (nSPS) is 10.7. The highest BCUT2D eigenvalue weighted by Crippen LogP contribution is 2.22. The van der Waals surface area contributed by atoms with Crippen molar-refractivity contribution >= 4 is 16.9 Å². The Bertz CT molecular complexity index is 732. The Hall–Kier alpha value is -2.69. The van der Waals surface area contributed by atoms with Crippen LogP contribution in [0.1, 0.15) is 10.5 Å². The average Bonchev–Trinajstić information content (AvgIpc) is 2.86. The maximum atomic E-state index is 11.1. The maximum Gasteiger partial charge on any atom is 0.267 e. The summed E-state index contributed by atoms with van der Waals surface area (Å²) in [5, 5.41) is 1.02. The van der Waals surface area contributed by atoms with Gasteiger partial charge in [0, 0.05) is 29.5 Å². The number of carbonyl (C=O) groups excluding carboxylic acids is 1. The lowest BCUT2D eigenvalue weighted by atomic mass is 10.1. The van der Waals surface area contributed by atoms with Crippen molar-refractivity contribution in [3.63, 3.8) is 0 Å². The maximum absolute atomic E-state index is 11.1. The largest absolute Gasteiger partial charge is 0.364 e. The zero-order valence-corrected chi connectivity index (χ0v) is 9.42. The number of aromatic nitrogens is 3. The number of nitrogens with one attached hydrogen (secondary N) is 1. The SMILES string of the molecule is NC(=O)c1cc(-c2cnc3[nH]ccc3c2)ccn1. The van der Waals surface area contributed by atoms with E-state index >= 15 is 0 Å². The van der Waals surface area contributed by atoms with E-state index in [1.54, 1.807) is 18.5 Å². The van der Waals surface area contributed by atoms with E-state index in [-0.39, 0.29) is 5.69 Å². The van der Waals surface area contributed by atoms with Gasteiger partial charge in [-0.15, -0.1) is 0 Å². The number of nitrogens with two attached hydrogens (primary N) is 1. The Kier molecular flexibility index (Phi) is 2.30. The second kappa shape index (κ2) is 3.96. The third-order valence-electron chi connectivity index (χ3n) is 2.75. The summed E-state index contributed by atoms with van der Waals surface area (Å²) in [7, 11) is 0. The number of hydrogen-bond donors (Lipinski definition) is 2. The summed E-state index contributed by atoms with van der Waals surface area (Å²) in [4.78, 5) is 22.3. The number of fused-ring (bicyclic) bond motifs is 1. The predicted octanol–water partition coefficient (Wildman–Crippen LogP) is 1.72. The molecule has 5 nitrogen and oxygen atoms in total. The molecule has 3 N–H and O–H groups in total. The molecule has 18 heavy (non-hydrogen) atoms. The van der Waals surface area contributed by atoms with Crippen molar-refractivity contribution in [2.24, 2.45) is 5.73 Å². The predicted molar refractivity (Wildman–Crippen MR) is 67.8 cm³/mol. The van der Waals surface area contributed by atoms with Gasteiger partial charge in [0.25, 0.3) is 5.91 Å². The third-order valence-corrected chi connectivity index (χ3v) is 2.75. The number of amides is 1. The quantitative estimate of drug-likeness (QED) is 0.712. The third kappa shape index (κ3) is 1.71. The number of nitrogens with zero attached hydrogens (tertiary/aromatic N) is 2. The average molecular weight is 238 g/mol. The van der Waals surface area contributed by atoms with E-state index in [0.717, 1.165) is 22.2 Å². The summed E-state index contributed by atoms with van der Waals surface area (Å²) in [5.74, 6) is -0.535. The van der Waals surface area contributed by atoms with Gasteiger partial charge >= 0.3 is 0 Å². The molecule has 0 aliphatic rings. The second-order valence-electron chi connectivity index (χ2n) is 3.93. The number of pyridine rings is 2. The zero-order valence-electron chi connectivity index (χ0n) is 9.42. The molecule has 0 radical (unpaired) electrons. The highest BCUT2D eigenvalue weighted by atomic mass is 16.1. The van der Waals surface area contributed by atoms with Crippen molar-refractivity contribution in [2.45, 2.75) is 0 Å². The Morgan fingerprint density at radius 2 is 2.06 bits per heavy atom. The first kappa shape index (κ1) is 10.5. The number of carbonyl (C=O) groups is 1. The van der Waals surface area contributed by atoms with Crippen LogP contribution >= 0.6 is 0 Å². The minimum absolute atomic E-state index is 0.252. The molecule has 0 saturated carbocycles. The van der Waals surface area contributed by atoms with Crippen molar-refractivity contribution in [3.05, 3.63) is 48.5 Å². The summed E-state index contributed by atoms with van der Waals surface area (Å²) >= 11 is 0. The molecule has 3 aromatic heterocycles. The van der Waals surface area contributed by atoms with Gasteiger partial charge in [-0.1, -0.05) is 0 Å². The fraction of sp³-hybridized carbons (Fsp3) is 0. The van der Waals surface area contributed by atoms with Crippen molar-refractivity contribution in [3.8, 4) is 11.1 Å². The van der Waals surface area contributed by atoms with Gasteiger partial charge in [-0.3, -0.25) is 9.78 Å². The molecule has 3 rings (SSSR count). The fourth-order valence-electron chi connectivity index (χ4n) is 1.84. The minimum atomic E-state index is -0.535. The van der Waals surface area contributed by atoms with E-state index in [1.165, 1.54) is 0 Å². The van der Waals surface area contributed by atoms with Gasteiger partial charge in [-0.25, -0.2) is 4.98 Å². The van der Waals surface area contributed by atoms with Crippen LogP contribution in [0.25, 0.3) is 22.2 Å². The molecule has 0 spiro atoms. The van der Waals surface area contributed by atoms with Crippen LogP contribution in [0.3, 0.4) is 0 Å². The Balaban J connectivity index is 2.13. The molecule has 1 amide bonds. The first-order valence-corrected chi connectivity index (χ1v) is 5.43. The number of aromatic amines is 1. The molecule has 5 heteroatoms. The van der Waals surface area contributed by atoms with Gasteiger partial charge < -0.3 is 10.7 Å². The topological polar surface area (TPSA) is 84.7 Å². The summed E-state index contributed by atoms with van der Waals surface area (Å²) in [6.07, 6.45) is 5.15. The molecular weight excluding hydrogens is 228 g/mol. The molecule has 88 valence electrons. The first-order chi connectivity index (χ1) is 8.74. The van der Waals surface area contributed by atoms with E-state index in [1.807, 2.05) is 24.4 Å². The Morgan fingerprint density at radius 3 is 2.89 bits per heavy atom. The van der Waals surface area contributed by atoms with Gasteiger partial charge in [0.05, 0.1) is 0 Å². The molecule has 0 atom stereocenters. The van der Waals surface area contributed by atoms with Crippen LogP contribution in [0.5, 0.6) is 0 Å². The van der Waals surface area contributed by atoms with Crippen LogP contribution in [0.4, 0.5) is 0 Å². The van der Waals surface area contributed by atoms with Crippen molar-refractivity contribution in [2.75, 3.05) is 0 Å². The van der Waals surface area contributed by atoms with E-state index in [0.29, 0.717) is 0 Å². The summed E-state index contributed by atoms with van der Waals surface area (Å²) in [6, 6.07) is 7.43. The standard InChI is InChI=1S/C13H10N4O/c14-12(18)11-6-8(1-3-15-11)10-5-9-2-4-16-13(9)17-7-10/h1-7H,(H2,14,18)(H,16,17). The van der Waals surface area contributed by atoms with Crippen LogP contribution < -0.4 is 5.73 Å². The molecule has 0 unspecified atom stereocenters. The first-order valence-electron chi connectivity index (χ1n) is 5.43. The molecule has 3 heterocycles. The van der Waals surface area contributed by atoms with Gasteiger partial charge in [0.15, 0.2) is 0 Å². The van der Waals surface area contributed by atoms with Crippen molar-refractivity contribution < 1.29 is 4.79 Å². The molecular formula is C13H10N4O. The van der Waals surface area contributed by atoms with E-state index in [9.17, 15) is 4.79 Å². The lowest BCUT2D eigenvalue weighted by molar-refractivity contribution is 0.0995. The highest BCUT2D eigenvalue weighted by Gasteiger charge is 2.06. The van der Waals surface area contributed by atoms with Gasteiger partial charge in [0.2, 0.25) is 0 Å². The van der Waals surface area contributed by atoms with E-state index < -0.39 is 5.91 Å². The zero-order chi connectivity index (χ0) is 12.5. The summed E-state index contributed by atoms with van der Waals surface area (Å²) in [5.41, 5.74) is 8.09. The number of rotatable bonds is 2. The second-order valence-corrected chi connectivity index (χ2v) is 3.93. The van der Waals surface area contributed by atoms with Gasteiger partial charge in [0.1, 0.15) is 11.3 Å². The van der Waals surface area contributed by atoms with E-state index in [4.69, 9.17) is 5.73 Å². The van der Waals surface area contributed by atoms with Crippen molar-refractivity contribution in [1.29, 1.82) is 0 Å². The molecule has 0 aromatic carbocycles. The lowest BCUT2D eigenvalue weighted by Gasteiger charge is -2.02. The lowest BCUT2D eigenvalue weighted by Crippen LogP contribution is -2.12. The Morgan fingerprint density at radius 1 is 1.17 bits per heavy atom. The Labute approximate surface area is 103 Å². The van der Waals surface area contributed by atoms with Crippen LogP contribution in [-0.4, -0.2) is 20.9 Å². The monoisotopic (exact) mass is 238 g/mol. The molecule has 0 bridgehead atoms. The van der Waals surface area contributed by atoms with Crippen LogP contribution in [0.2, 0.25) is 0 Å². The number of primary amides is 1. The molecule has 0 fully saturated rings.